The smallest absolute Gasteiger partial charge is 0.508 e. The average Bonchev–Trinajstić information content (AvgIpc) is 1.64. The molecule has 3 heterocycles. The number of rotatable bonds is 15. The molecule has 0 saturated carbocycles. The predicted octanol–water partition coefficient (Wildman–Crippen LogP) is 34.3. The van der Waals surface area contributed by atoms with Gasteiger partial charge in [0.2, 0.25) is 0 Å². The van der Waals surface area contributed by atoms with Crippen LogP contribution in [0.4, 0.5) is 13.2 Å². The number of benzene rings is 10. The van der Waals surface area contributed by atoms with Gasteiger partial charge in [-0.15, -0.1) is 147 Å². The molecule has 1 aromatic heterocycles. The van der Waals surface area contributed by atoms with Gasteiger partial charge in [0.05, 0.1) is 39.5 Å². The molecule has 27 heteroatoms. The van der Waals surface area contributed by atoms with E-state index in [4.69, 9.17) is 34.7 Å². The maximum absolute atomic E-state index is 11.7. The molecular weight excluding hydrogens is 2320 g/mol. The Morgan fingerprint density at radius 3 is 0.878 bits per heavy atom. The summed E-state index contributed by atoms with van der Waals surface area (Å²) < 4.78 is 80.6. The Balaban J connectivity index is -0.000000216. The fraction of sp³-hybridized carbons (Fsp3) is 0.463. The summed E-state index contributed by atoms with van der Waals surface area (Å²) in [6.45, 7) is 85.1. The molecule has 148 heavy (non-hydrogen) atoms. The van der Waals surface area contributed by atoms with E-state index in [9.17, 15) is 31.5 Å². The van der Waals surface area contributed by atoms with E-state index in [2.05, 4.69) is 360 Å². The van der Waals surface area contributed by atoms with Crippen LogP contribution in [0.3, 0.4) is 0 Å². The van der Waals surface area contributed by atoms with Gasteiger partial charge in [-0.25, -0.2) is 10.2 Å². The summed E-state index contributed by atoms with van der Waals surface area (Å²) >= 11 is 3.40. The van der Waals surface area contributed by atoms with Crippen LogP contribution in [0.25, 0.3) is 55.8 Å². The number of nitrogens with two attached hydrogens (primary N) is 1. The Hall–Kier alpha value is -4.06. The fourth-order valence-electron chi connectivity index (χ4n) is 14.9. The first kappa shape index (κ1) is 162. The van der Waals surface area contributed by atoms with Crippen molar-refractivity contribution in [2.45, 2.75) is 379 Å². The first-order valence-electron chi connectivity index (χ1n) is 48.2. The summed E-state index contributed by atoms with van der Waals surface area (Å²) in [5.74, 6) is 2.72. The van der Waals surface area contributed by atoms with Crippen LogP contribution in [0.1, 0.15) is 371 Å². The van der Waals surface area contributed by atoms with Crippen molar-refractivity contribution in [3.63, 3.8) is 0 Å². The SMILES string of the molecule is C.C.C.C.C.CC.CC.CC.CC.CC.CC(C)c1c[c-]c(B2OC(C)(C)C(C)(C)O2)cc1.Cc1cc(-c2nc(C(N)=O)c(C)nc2C)cc(C)c1-c1[c-]cc(C(C)C)cc1.Cc1cc(B2OC(C)(C)C(C)(C)O2)cc(C)c1-c1[c-]cc(C(C)C)cc1.Cc1cc(C)c(-c2[c-]cc(C(C)C)cc2)c(C)c1.Cc1cc(O)cc(C)c1-c1[c-]cc(C(C)C)cc1.Cc1cc(O)cc(C)c1Br.O=S(=O)(OOO)C(F)(F)F.[Y].[Y].[Y].[Y].[Y]. The standard InChI is InChI=1S/C24H26N3O.C23H30BO2.C18H21.C17H19O.C15H22BO2.C8H9BrO.5C2H6.CHF3O5S.5CH4.5Y/c1-13(2)18-7-9-19(10-8-18)21-14(3)11-20(12-15(21)4)22-16(5)26-17(6)23(27-22)24(25)28;1-15(2)18-9-11-19(12-10-18)21-16(3)13-20(14-17(21)4)24-25-22(5,6)23(7,8)26-24;1-12(2)16-6-8-17(9-7-16)18-14(4)10-13(3)11-15(18)5;1-11(2)14-5-7-15(8-6-14)17-12(3)9-16(18)10-13(17)4;1-11(2)12-7-9-13(10-8-12)16-17-14(3,4)15(5,6)18-16;1-5-3-7(10)4-6(2)8(5)9;5*1-2;2-1(3,4)10(6,7)9-8-5;;;;;;;;;;/h7-9,11-13H,1-6H3,(H2,25,28);9-11,13-15H,1-8H3;6-8,10-12H,1-5H3;5-7,9-11,18H,1-4H3;7-9,11H,1-6H3;3-4,10H,1-2H3;5*1-2H3;5H;5*1H4;;;;;/q5*-1;;;;;;;;;;;;;;;;;. The topological polar surface area (TPSA) is 219 Å². The van der Waals surface area contributed by atoms with E-state index in [0.29, 0.717) is 52.5 Å². The first-order valence-corrected chi connectivity index (χ1v) is 50.4. The second kappa shape index (κ2) is 75.0. The van der Waals surface area contributed by atoms with Crippen molar-refractivity contribution in [1.82, 2.24) is 9.97 Å². The predicted molar refractivity (Wildman–Crippen MR) is 609 cm³/mol. The third kappa shape index (κ3) is 47.0. The van der Waals surface area contributed by atoms with Crippen LogP contribution in [-0.4, -0.2) is 81.9 Å². The number of aryl methyl sites for hydroxylation is 13. The second-order valence-corrected chi connectivity index (χ2v) is 39.1. The molecule has 10 aromatic carbocycles. The average molecular weight is 2500 g/mol. The van der Waals surface area contributed by atoms with Crippen molar-refractivity contribution >= 4 is 57.1 Å². The van der Waals surface area contributed by atoms with Gasteiger partial charge in [-0.05, 0) is 186 Å². The number of carbonyl (C=O) groups is 1. The van der Waals surface area contributed by atoms with Gasteiger partial charge in [0.25, 0.3) is 5.91 Å². The normalized spacial score (nSPS) is 12.5. The third-order valence-electron chi connectivity index (χ3n) is 23.5. The molecule has 5 N–H and O–H groups in total. The monoisotopic (exact) mass is 2500 g/mol. The number of phenolic OH excluding ortho intramolecular Hbond substituents is 2. The number of alkyl halides is 3. The number of primary amides is 1. The Kier molecular flexibility index (Phi) is 81.9. The zero-order valence-corrected chi connectivity index (χ0v) is 110. The van der Waals surface area contributed by atoms with E-state index in [-0.39, 0.29) is 243 Å². The molecule has 0 aliphatic carbocycles. The molecule has 5 radical (unpaired) electrons. The number of carbonyl (C=O) groups excluding carboxylic acids is 1. The molecule has 0 spiro atoms. The zero-order chi connectivity index (χ0) is 106. The first-order chi connectivity index (χ1) is 64.3. The minimum atomic E-state index is -5.82. The van der Waals surface area contributed by atoms with Crippen LogP contribution >= 0.6 is 15.9 Å². The molecule has 0 atom stereocenters. The number of phenols is 2. The van der Waals surface area contributed by atoms with Crippen molar-refractivity contribution in [1.29, 1.82) is 0 Å². The van der Waals surface area contributed by atoms with Gasteiger partial charge in [-0.2, -0.15) is 51.4 Å². The molecular formula is C121H178B2BrF3N3O12SY5-5. The molecule has 15 nitrogen and oxygen atoms in total. The van der Waals surface area contributed by atoms with Crippen molar-refractivity contribution in [2.24, 2.45) is 5.73 Å². The quantitative estimate of drug-likeness (QED) is 0.0247. The summed E-state index contributed by atoms with van der Waals surface area (Å²) in [5.41, 5.74) is 32.9. The van der Waals surface area contributed by atoms with E-state index >= 15 is 0 Å². The van der Waals surface area contributed by atoms with Gasteiger partial charge in [-0.1, -0.05) is 339 Å². The van der Waals surface area contributed by atoms with Gasteiger partial charge in [0, 0.05) is 174 Å². The Morgan fingerprint density at radius 2 is 0.642 bits per heavy atom. The van der Waals surface area contributed by atoms with E-state index in [1.54, 1.807) is 31.2 Å². The Labute approximate surface area is 1030 Å². The van der Waals surface area contributed by atoms with Gasteiger partial charge in [-0.3, -0.25) is 9.78 Å². The number of aromatic nitrogens is 2. The van der Waals surface area contributed by atoms with Crippen molar-refractivity contribution in [2.75, 3.05) is 0 Å². The van der Waals surface area contributed by atoms with Crippen LogP contribution in [0, 0.1) is 120 Å². The number of nitrogens with zero attached hydrogens (tertiary/aromatic N) is 2. The maximum Gasteiger partial charge on any atom is 0.525 e. The molecule has 809 valence electrons. The van der Waals surface area contributed by atoms with Crippen LogP contribution < -0.4 is 16.7 Å². The van der Waals surface area contributed by atoms with Crippen LogP contribution in [0.2, 0.25) is 0 Å². The Bertz CT molecular complexity index is 5540. The zero-order valence-electron chi connectivity index (χ0n) is 93.3. The largest absolute Gasteiger partial charge is 0.525 e. The molecule has 13 rings (SSSR count). The van der Waals surface area contributed by atoms with Crippen LogP contribution in [0.15, 0.2) is 156 Å². The fourth-order valence-corrected chi connectivity index (χ4v) is 15.3. The molecule has 2 saturated heterocycles. The minimum absolute atomic E-state index is 0. The molecule has 2 aliphatic heterocycles. The molecule has 2 aliphatic rings. The molecule has 0 unspecified atom stereocenters. The summed E-state index contributed by atoms with van der Waals surface area (Å²) in [6.07, 6.45) is 0. The number of amides is 1. The molecule has 11 aromatic rings. The minimum Gasteiger partial charge on any atom is -0.508 e. The van der Waals surface area contributed by atoms with Gasteiger partial charge < -0.3 is 34.6 Å². The van der Waals surface area contributed by atoms with E-state index in [0.717, 1.165) is 76.7 Å². The van der Waals surface area contributed by atoms with Crippen molar-refractivity contribution < 1.29 is 233 Å². The van der Waals surface area contributed by atoms with E-state index < -0.39 is 21.5 Å². The van der Waals surface area contributed by atoms with Gasteiger partial charge >= 0.3 is 29.9 Å². The molecule has 0 bridgehead atoms. The maximum atomic E-state index is 11.7. The van der Waals surface area contributed by atoms with Crippen molar-refractivity contribution in [3.8, 4) is 67.3 Å². The number of hydrogen-bond donors (Lipinski definition) is 4. The second-order valence-electron chi connectivity index (χ2n) is 36.8. The molecule has 1 amide bonds. The van der Waals surface area contributed by atoms with Crippen molar-refractivity contribution in [3.05, 3.63) is 293 Å². The summed E-state index contributed by atoms with van der Waals surface area (Å²) in [7, 11) is -6.45. The van der Waals surface area contributed by atoms with E-state index in [1.165, 1.54) is 83.5 Å². The van der Waals surface area contributed by atoms with Crippen LogP contribution in [-0.2, 0) is 202 Å². The summed E-state index contributed by atoms with van der Waals surface area (Å²) in [5, 5.41) is 28.2. The Morgan fingerprint density at radius 1 is 0.392 bits per heavy atom. The van der Waals surface area contributed by atoms with Gasteiger partial charge in [0.1, 0.15) is 17.2 Å². The summed E-state index contributed by atoms with van der Waals surface area (Å²) in [4.78, 5) is 20.7. The van der Waals surface area contributed by atoms with E-state index in [1.807, 2.05) is 110 Å². The summed E-state index contributed by atoms with van der Waals surface area (Å²) in [6, 6.07) is 69.0. The third-order valence-corrected chi connectivity index (χ3v) is 25.6. The number of aromatic hydroxyl groups is 2. The number of halogens is 4. The number of hydrogen-bond acceptors (Lipinski definition) is 14. The van der Waals surface area contributed by atoms with Crippen LogP contribution in [0.5, 0.6) is 11.5 Å². The molecule has 2 fully saturated rings. The van der Waals surface area contributed by atoms with Gasteiger partial charge in [0.15, 0.2) is 0 Å².